The molecule has 2 aliphatic heterocycles. The zero-order valence-corrected chi connectivity index (χ0v) is 15.6. The molecule has 0 N–H and O–H groups in total. The highest BCUT2D eigenvalue weighted by atomic mass is 16.5. The lowest BCUT2D eigenvalue weighted by Crippen LogP contribution is -2.45. The number of nitrogens with zero attached hydrogens (tertiary/aromatic N) is 4. The van der Waals surface area contributed by atoms with Crippen molar-refractivity contribution in [3.05, 3.63) is 41.9 Å². The first-order valence-electron chi connectivity index (χ1n) is 9.12. The summed E-state index contributed by atoms with van der Waals surface area (Å²) in [4.78, 5) is 15.8. The number of aromatic nitrogens is 2. The molecule has 2 atom stereocenters. The average Bonchev–Trinajstić information content (AvgIpc) is 2.56. The number of anilines is 1. The summed E-state index contributed by atoms with van der Waals surface area (Å²) in [6.45, 7) is 9.89. The molecule has 0 saturated carbocycles. The molecule has 1 fully saturated rings. The Labute approximate surface area is 153 Å². The van der Waals surface area contributed by atoms with E-state index in [1.165, 1.54) is 0 Å². The highest BCUT2D eigenvalue weighted by Crippen LogP contribution is 2.35. The molecule has 2 aromatic rings. The Morgan fingerprint density at radius 2 is 1.88 bits per heavy atom. The van der Waals surface area contributed by atoms with Gasteiger partial charge in [0.15, 0.2) is 0 Å². The van der Waals surface area contributed by atoms with E-state index < -0.39 is 0 Å². The predicted octanol–water partition coefficient (Wildman–Crippen LogP) is 3.36. The molecule has 1 aromatic carbocycles. The molecule has 3 heterocycles. The normalized spacial score (nSPS) is 21.9. The van der Waals surface area contributed by atoms with Crippen LogP contribution in [-0.2, 0) is 4.74 Å². The minimum atomic E-state index is 0.143. The Balaban J connectivity index is 1.58. The molecule has 1 aromatic heterocycles. The molecule has 26 heavy (non-hydrogen) atoms. The lowest BCUT2D eigenvalue weighted by molar-refractivity contribution is -0.00546. The Bertz CT molecular complexity index is 839. The second-order valence-corrected chi connectivity index (χ2v) is 7.23. The van der Waals surface area contributed by atoms with Crippen LogP contribution < -0.4 is 9.64 Å². The van der Waals surface area contributed by atoms with E-state index in [9.17, 15) is 0 Å². The van der Waals surface area contributed by atoms with Gasteiger partial charge >= 0.3 is 0 Å². The van der Waals surface area contributed by atoms with Crippen molar-refractivity contribution in [1.29, 1.82) is 0 Å². The second kappa shape index (κ2) is 6.68. The first-order chi connectivity index (χ1) is 12.5. The lowest BCUT2D eigenvalue weighted by atomic mass is 9.98. The van der Waals surface area contributed by atoms with Crippen LogP contribution in [0.25, 0.3) is 0 Å². The van der Waals surface area contributed by atoms with Crippen LogP contribution in [0.2, 0.25) is 0 Å². The van der Waals surface area contributed by atoms with Crippen LogP contribution in [0, 0.1) is 0 Å². The molecule has 2 aliphatic rings. The van der Waals surface area contributed by atoms with Gasteiger partial charge in [0.25, 0.3) is 0 Å². The summed E-state index contributed by atoms with van der Waals surface area (Å²) in [7, 11) is 0. The monoisotopic (exact) mass is 352 g/mol. The topological polar surface area (TPSA) is 59.8 Å². The predicted molar refractivity (Wildman–Crippen MR) is 102 cm³/mol. The van der Waals surface area contributed by atoms with Crippen LogP contribution in [0.3, 0.4) is 0 Å². The zero-order valence-electron chi connectivity index (χ0n) is 15.6. The maximum Gasteiger partial charge on any atom is 0.132 e. The molecule has 136 valence electrons. The van der Waals surface area contributed by atoms with E-state index in [1.54, 1.807) is 6.33 Å². The Morgan fingerprint density at radius 3 is 2.62 bits per heavy atom. The fourth-order valence-corrected chi connectivity index (χ4v) is 3.49. The molecule has 1 saturated heterocycles. The van der Waals surface area contributed by atoms with Gasteiger partial charge in [0.1, 0.15) is 17.9 Å². The molecular formula is C20H24N4O2. The van der Waals surface area contributed by atoms with Crippen LogP contribution in [0.15, 0.2) is 35.6 Å². The van der Waals surface area contributed by atoms with Crippen molar-refractivity contribution in [3.8, 4) is 5.75 Å². The third-order valence-corrected chi connectivity index (χ3v) is 4.47. The molecule has 0 aliphatic carbocycles. The van der Waals surface area contributed by atoms with Crippen molar-refractivity contribution in [1.82, 2.24) is 9.97 Å². The number of hydrogen-bond donors (Lipinski definition) is 0. The van der Waals surface area contributed by atoms with E-state index in [0.717, 1.165) is 47.3 Å². The Morgan fingerprint density at radius 1 is 1.12 bits per heavy atom. The van der Waals surface area contributed by atoms with Gasteiger partial charge in [0.05, 0.1) is 35.4 Å². The van der Waals surface area contributed by atoms with Crippen LogP contribution in [-0.4, -0.2) is 47.1 Å². The van der Waals surface area contributed by atoms with Crippen molar-refractivity contribution in [2.75, 3.05) is 18.0 Å². The lowest BCUT2D eigenvalue weighted by Gasteiger charge is -2.36. The van der Waals surface area contributed by atoms with Gasteiger partial charge in [-0.3, -0.25) is 0 Å². The van der Waals surface area contributed by atoms with Crippen LogP contribution in [0.4, 0.5) is 11.5 Å². The molecule has 0 radical (unpaired) electrons. The maximum atomic E-state index is 5.82. The largest absolute Gasteiger partial charge is 0.491 e. The zero-order chi connectivity index (χ0) is 18.3. The standard InChI is InChI=1S/C20H24N4O2/c1-12(2)25-15-5-6-17-16(7-15)20(23-17)18-8-19(22-11-21-18)24-9-13(3)26-14(4)10-24/h5-8,11-14H,9-10H2,1-4H3. The van der Waals surface area contributed by atoms with E-state index in [2.05, 4.69) is 33.7 Å². The molecule has 4 rings (SSSR count). The summed E-state index contributed by atoms with van der Waals surface area (Å²) in [5.74, 6) is 1.78. The molecule has 2 unspecified atom stereocenters. The highest BCUT2D eigenvalue weighted by Gasteiger charge is 2.26. The van der Waals surface area contributed by atoms with Crippen molar-refractivity contribution in [3.63, 3.8) is 0 Å². The number of rotatable bonds is 4. The number of benzene rings is 1. The summed E-state index contributed by atoms with van der Waals surface area (Å²) in [6.07, 6.45) is 2.14. The van der Waals surface area contributed by atoms with Crippen LogP contribution in [0.1, 0.15) is 39.0 Å². The third kappa shape index (κ3) is 3.29. The highest BCUT2D eigenvalue weighted by molar-refractivity contribution is 6.21. The van der Waals surface area contributed by atoms with Crippen molar-refractivity contribution in [2.45, 2.75) is 46.0 Å². The summed E-state index contributed by atoms with van der Waals surface area (Å²) in [6, 6.07) is 8.01. The van der Waals surface area contributed by atoms with Gasteiger partial charge in [-0.1, -0.05) is 0 Å². The van der Waals surface area contributed by atoms with Gasteiger partial charge < -0.3 is 14.4 Å². The van der Waals surface area contributed by atoms with Crippen LogP contribution >= 0.6 is 0 Å². The SMILES string of the molecule is CC(C)Oc1ccc2c(c1)C(c1cc(N3CC(C)OC(C)C3)ncn1)=N2. The summed E-state index contributed by atoms with van der Waals surface area (Å²) in [5.41, 5.74) is 3.80. The van der Waals surface area contributed by atoms with Gasteiger partial charge in [-0.25, -0.2) is 15.0 Å². The fraction of sp³-hybridized carbons (Fsp3) is 0.450. The molecule has 6 heteroatoms. The smallest absolute Gasteiger partial charge is 0.132 e. The van der Waals surface area contributed by atoms with E-state index in [1.807, 2.05) is 38.1 Å². The Hall–Kier alpha value is -2.47. The second-order valence-electron chi connectivity index (χ2n) is 7.23. The number of ether oxygens (including phenoxy) is 2. The van der Waals surface area contributed by atoms with Gasteiger partial charge in [-0.15, -0.1) is 0 Å². The molecule has 0 spiro atoms. The molecule has 0 amide bonds. The van der Waals surface area contributed by atoms with Gasteiger partial charge in [0.2, 0.25) is 0 Å². The molecule has 0 bridgehead atoms. The van der Waals surface area contributed by atoms with Crippen LogP contribution in [0.5, 0.6) is 5.75 Å². The summed E-state index contributed by atoms with van der Waals surface area (Å²) >= 11 is 0. The first kappa shape index (κ1) is 17.0. The number of morpholine rings is 1. The van der Waals surface area contributed by atoms with E-state index >= 15 is 0 Å². The maximum absolute atomic E-state index is 5.82. The molecule has 6 nitrogen and oxygen atoms in total. The third-order valence-electron chi connectivity index (χ3n) is 4.47. The minimum absolute atomic E-state index is 0.143. The van der Waals surface area contributed by atoms with E-state index in [0.29, 0.717) is 0 Å². The van der Waals surface area contributed by atoms with Gasteiger partial charge in [0, 0.05) is 24.7 Å². The fourth-order valence-electron chi connectivity index (χ4n) is 3.49. The summed E-state index contributed by atoms with van der Waals surface area (Å²) < 4.78 is 11.6. The van der Waals surface area contributed by atoms with Crippen molar-refractivity contribution >= 4 is 17.2 Å². The quantitative estimate of drug-likeness (QED) is 0.720. The van der Waals surface area contributed by atoms with E-state index in [4.69, 9.17) is 9.47 Å². The number of hydrogen-bond acceptors (Lipinski definition) is 6. The van der Waals surface area contributed by atoms with Gasteiger partial charge in [-0.05, 0) is 45.9 Å². The molecular weight excluding hydrogens is 328 g/mol. The van der Waals surface area contributed by atoms with Crippen molar-refractivity contribution in [2.24, 2.45) is 4.99 Å². The minimum Gasteiger partial charge on any atom is -0.491 e. The van der Waals surface area contributed by atoms with E-state index in [-0.39, 0.29) is 18.3 Å². The average molecular weight is 352 g/mol. The number of aliphatic imine (C=N–C) groups is 1. The Kier molecular flexibility index (Phi) is 4.36. The first-order valence-corrected chi connectivity index (χ1v) is 9.12. The number of fused-ring (bicyclic) bond motifs is 1. The summed E-state index contributed by atoms with van der Waals surface area (Å²) in [5, 5.41) is 0. The van der Waals surface area contributed by atoms with Crippen molar-refractivity contribution < 1.29 is 9.47 Å². The van der Waals surface area contributed by atoms with Gasteiger partial charge in [-0.2, -0.15) is 0 Å².